The maximum Gasteiger partial charge on any atom is 0.337 e. The number of nitrogens with zero attached hydrogens (tertiary/aromatic N) is 2. The number of halogens is 1. The normalized spacial score (nSPS) is 9.95. The third-order valence-electron chi connectivity index (χ3n) is 2.36. The van der Waals surface area contributed by atoms with E-state index in [2.05, 4.69) is 14.7 Å². The predicted molar refractivity (Wildman–Crippen MR) is 71.4 cm³/mol. The van der Waals surface area contributed by atoms with Gasteiger partial charge in [0.05, 0.1) is 26.0 Å². The number of hydrogen-bond acceptors (Lipinski definition) is 6. The lowest BCUT2D eigenvalue weighted by Crippen LogP contribution is -2.00. The van der Waals surface area contributed by atoms with E-state index in [1.165, 1.54) is 20.4 Å². The number of benzene rings is 1. The summed E-state index contributed by atoms with van der Waals surface area (Å²) in [5, 5.41) is 0.253. The van der Waals surface area contributed by atoms with E-state index in [1.54, 1.807) is 24.3 Å². The first kappa shape index (κ1) is 14.1. The van der Waals surface area contributed by atoms with Gasteiger partial charge in [0.1, 0.15) is 10.8 Å². The highest BCUT2D eigenvalue weighted by Crippen LogP contribution is 2.28. The number of hydrogen-bond donors (Lipinski definition) is 0. The molecule has 1 aromatic carbocycles. The second-order valence-electron chi connectivity index (χ2n) is 3.63. The lowest BCUT2D eigenvalue weighted by atomic mass is 10.2. The molecule has 1 aromatic heterocycles. The minimum absolute atomic E-state index is 0.149. The largest absolute Gasteiger partial charge is 0.467 e. The standard InChI is InChI=1S/C13H11ClN2O4/c1-18-12(17)8-3-5-9(6-4-8)20-11-10(14)7-15-13(16-11)19-2/h3-7H,1-2H3. The zero-order valence-corrected chi connectivity index (χ0v) is 11.5. The van der Waals surface area contributed by atoms with Gasteiger partial charge in [0.25, 0.3) is 0 Å². The Balaban J connectivity index is 2.20. The van der Waals surface area contributed by atoms with Crippen LogP contribution in [-0.4, -0.2) is 30.2 Å². The molecular formula is C13H11ClN2O4. The molecule has 104 valence electrons. The third kappa shape index (κ3) is 3.16. The Morgan fingerprint density at radius 2 is 1.90 bits per heavy atom. The summed E-state index contributed by atoms with van der Waals surface area (Å²) in [6.45, 7) is 0. The molecule has 20 heavy (non-hydrogen) atoms. The summed E-state index contributed by atoms with van der Waals surface area (Å²) >= 11 is 5.93. The third-order valence-corrected chi connectivity index (χ3v) is 2.62. The smallest absolute Gasteiger partial charge is 0.337 e. The van der Waals surface area contributed by atoms with Crippen LogP contribution in [0.5, 0.6) is 17.6 Å². The highest BCUT2D eigenvalue weighted by molar-refractivity contribution is 6.31. The number of rotatable bonds is 4. The van der Waals surface area contributed by atoms with Crippen LogP contribution in [0.1, 0.15) is 10.4 Å². The van der Waals surface area contributed by atoms with Crippen LogP contribution in [0, 0.1) is 0 Å². The summed E-state index contributed by atoms with van der Waals surface area (Å²) in [5.41, 5.74) is 0.422. The van der Waals surface area contributed by atoms with E-state index in [0.29, 0.717) is 11.3 Å². The van der Waals surface area contributed by atoms with E-state index in [-0.39, 0.29) is 16.9 Å². The van der Waals surface area contributed by atoms with Crippen molar-refractivity contribution in [1.29, 1.82) is 0 Å². The number of aromatic nitrogens is 2. The van der Waals surface area contributed by atoms with Crippen molar-refractivity contribution in [3.05, 3.63) is 41.0 Å². The van der Waals surface area contributed by atoms with E-state index >= 15 is 0 Å². The molecule has 0 amide bonds. The molecule has 0 aliphatic carbocycles. The highest BCUT2D eigenvalue weighted by atomic mass is 35.5. The van der Waals surface area contributed by atoms with Gasteiger partial charge in [-0.25, -0.2) is 9.78 Å². The van der Waals surface area contributed by atoms with Crippen molar-refractivity contribution in [2.24, 2.45) is 0 Å². The minimum Gasteiger partial charge on any atom is -0.467 e. The Hall–Kier alpha value is -2.34. The van der Waals surface area contributed by atoms with Crippen LogP contribution in [-0.2, 0) is 4.74 Å². The Labute approximate surface area is 120 Å². The van der Waals surface area contributed by atoms with Gasteiger partial charge in [-0.3, -0.25) is 0 Å². The second kappa shape index (κ2) is 6.21. The summed E-state index contributed by atoms with van der Waals surface area (Å²) in [4.78, 5) is 19.1. The van der Waals surface area contributed by atoms with Crippen molar-refractivity contribution < 1.29 is 19.0 Å². The molecule has 0 atom stereocenters. The van der Waals surface area contributed by atoms with Crippen molar-refractivity contribution in [3.8, 4) is 17.6 Å². The number of methoxy groups -OCH3 is 2. The van der Waals surface area contributed by atoms with Gasteiger partial charge < -0.3 is 14.2 Å². The summed E-state index contributed by atoms with van der Waals surface area (Å²) in [6.07, 6.45) is 1.38. The molecule has 0 aliphatic rings. The summed E-state index contributed by atoms with van der Waals surface area (Å²) < 4.78 is 15.0. The van der Waals surface area contributed by atoms with Crippen LogP contribution < -0.4 is 9.47 Å². The van der Waals surface area contributed by atoms with Gasteiger partial charge >= 0.3 is 12.0 Å². The fraction of sp³-hybridized carbons (Fsp3) is 0.154. The molecule has 0 aliphatic heterocycles. The summed E-state index contributed by atoms with van der Waals surface area (Å²) in [7, 11) is 2.76. The van der Waals surface area contributed by atoms with E-state index < -0.39 is 5.97 Å². The molecule has 0 spiro atoms. The monoisotopic (exact) mass is 294 g/mol. The predicted octanol–water partition coefficient (Wildman–Crippen LogP) is 2.72. The van der Waals surface area contributed by atoms with Crippen LogP contribution in [0.4, 0.5) is 0 Å². The fourth-order valence-corrected chi connectivity index (χ4v) is 1.52. The lowest BCUT2D eigenvalue weighted by Gasteiger charge is -2.07. The van der Waals surface area contributed by atoms with Crippen molar-refractivity contribution in [2.45, 2.75) is 0 Å². The maximum atomic E-state index is 11.3. The van der Waals surface area contributed by atoms with Gasteiger partial charge in [0, 0.05) is 0 Å². The van der Waals surface area contributed by atoms with Gasteiger partial charge in [-0.1, -0.05) is 11.6 Å². The molecule has 2 aromatic rings. The topological polar surface area (TPSA) is 70.5 Å². The summed E-state index contributed by atoms with van der Waals surface area (Å²) in [6, 6.07) is 6.52. The number of ether oxygens (including phenoxy) is 3. The maximum absolute atomic E-state index is 11.3. The zero-order chi connectivity index (χ0) is 14.5. The van der Waals surface area contributed by atoms with Gasteiger partial charge in [-0.2, -0.15) is 4.98 Å². The first-order chi connectivity index (χ1) is 9.63. The van der Waals surface area contributed by atoms with Crippen LogP contribution in [0.15, 0.2) is 30.5 Å². The van der Waals surface area contributed by atoms with Crippen molar-refractivity contribution >= 4 is 17.6 Å². The van der Waals surface area contributed by atoms with Crippen molar-refractivity contribution in [3.63, 3.8) is 0 Å². The average molecular weight is 295 g/mol. The van der Waals surface area contributed by atoms with Crippen molar-refractivity contribution in [1.82, 2.24) is 9.97 Å². The molecule has 0 bridgehead atoms. The van der Waals surface area contributed by atoms with Gasteiger partial charge in [0.2, 0.25) is 5.88 Å². The number of esters is 1. The SMILES string of the molecule is COC(=O)c1ccc(Oc2nc(OC)ncc2Cl)cc1. The molecule has 0 fully saturated rings. The van der Waals surface area contributed by atoms with Crippen LogP contribution in [0.2, 0.25) is 5.02 Å². The Morgan fingerprint density at radius 1 is 1.20 bits per heavy atom. The highest BCUT2D eigenvalue weighted by Gasteiger charge is 2.09. The zero-order valence-electron chi connectivity index (χ0n) is 10.8. The van der Waals surface area contributed by atoms with Gasteiger partial charge in [-0.05, 0) is 24.3 Å². The van der Waals surface area contributed by atoms with E-state index in [4.69, 9.17) is 21.1 Å². The molecule has 7 heteroatoms. The molecule has 0 saturated heterocycles. The Morgan fingerprint density at radius 3 is 2.50 bits per heavy atom. The van der Waals surface area contributed by atoms with E-state index in [0.717, 1.165) is 0 Å². The Bertz CT molecular complexity index is 616. The number of carbonyl (C=O) groups is 1. The van der Waals surface area contributed by atoms with Crippen molar-refractivity contribution in [2.75, 3.05) is 14.2 Å². The van der Waals surface area contributed by atoms with E-state index in [9.17, 15) is 4.79 Å². The molecule has 0 unspecified atom stereocenters. The minimum atomic E-state index is -0.418. The molecule has 2 rings (SSSR count). The quantitative estimate of drug-likeness (QED) is 0.808. The average Bonchev–Trinajstić information content (AvgIpc) is 2.49. The molecule has 6 nitrogen and oxygen atoms in total. The Kier molecular flexibility index (Phi) is 4.37. The van der Waals surface area contributed by atoms with Crippen LogP contribution >= 0.6 is 11.6 Å². The molecular weight excluding hydrogens is 284 g/mol. The van der Waals surface area contributed by atoms with Gasteiger partial charge in [0.15, 0.2) is 0 Å². The molecule has 1 heterocycles. The van der Waals surface area contributed by atoms with Gasteiger partial charge in [-0.15, -0.1) is 0 Å². The first-order valence-electron chi connectivity index (χ1n) is 5.57. The molecule has 0 radical (unpaired) electrons. The second-order valence-corrected chi connectivity index (χ2v) is 4.04. The van der Waals surface area contributed by atoms with Crippen LogP contribution in [0.25, 0.3) is 0 Å². The van der Waals surface area contributed by atoms with Crippen LogP contribution in [0.3, 0.4) is 0 Å². The summed E-state index contributed by atoms with van der Waals surface area (Å²) in [5.74, 6) is 0.225. The molecule has 0 saturated carbocycles. The van der Waals surface area contributed by atoms with E-state index in [1.807, 2.05) is 0 Å². The number of carbonyl (C=O) groups excluding carboxylic acids is 1. The fourth-order valence-electron chi connectivity index (χ4n) is 1.39. The first-order valence-corrected chi connectivity index (χ1v) is 5.94. The lowest BCUT2D eigenvalue weighted by molar-refractivity contribution is 0.0600. The molecule has 0 N–H and O–H groups in total.